The molecule has 1 aromatic carbocycles. The number of ether oxygens (including phenoxy) is 2. The minimum atomic E-state index is -3.61. The second-order valence-corrected chi connectivity index (χ2v) is 11.5. The lowest BCUT2D eigenvalue weighted by molar-refractivity contribution is 0.0703. The smallest absolute Gasteiger partial charge is 0.346 e. The molecule has 3 aliphatic rings. The van der Waals surface area contributed by atoms with Crippen LogP contribution in [-0.4, -0.2) is 91.0 Å². The summed E-state index contributed by atoms with van der Waals surface area (Å²) in [7, 11) is -2.02. The van der Waals surface area contributed by atoms with Gasteiger partial charge in [0, 0.05) is 50.8 Å². The summed E-state index contributed by atoms with van der Waals surface area (Å²) >= 11 is 0. The topological polar surface area (TPSA) is 116 Å². The molecular weight excluding hydrogens is 486 g/mol. The Hall–Kier alpha value is -2.54. The van der Waals surface area contributed by atoms with Gasteiger partial charge in [0.1, 0.15) is 5.82 Å². The molecule has 1 unspecified atom stereocenters. The first-order chi connectivity index (χ1) is 17.4. The second-order valence-electron chi connectivity index (χ2n) is 9.59. The van der Waals surface area contributed by atoms with E-state index in [0.29, 0.717) is 58.1 Å². The average molecular weight is 520 g/mol. The lowest BCUT2D eigenvalue weighted by Crippen LogP contribution is -2.41. The third-order valence-corrected chi connectivity index (χ3v) is 9.01. The molecule has 196 valence electrons. The number of benzene rings is 1. The number of hydrogen-bond acceptors (Lipinski definition) is 7. The van der Waals surface area contributed by atoms with Crippen LogP contribution < -0.4 is 5.69 Å². The number of aromatic nitrogens is 3. The Labute approximate surface area is 210 Å². The number of piperidine rings is 1. The number of carbonyl (C=O) groups excluding carboxylic acids is 1. The zero-order valence-electron chi connectivity index (χ0n) is 20.5. The van der Waals surface area contributed by atoms with Gasteiger partial charge in [-0.1, -0.05) is 0 Å². The van der Waals surface area contributed by atoms with Crippen molar-refractivity contribution in [3.05, 3.63) is 46.1 Å². The lowest BCUT2D eigenvalue weighted by atomic mass is 9.96. The summed E-state index contributed by atoms with van der Waals surface area (Å²) in [6, 6.07) is 6.36. The Bertz CT molecular complexity index is 1240. The molecule has 3 fully saturated rings. The third-order valence-electron chi connectivity index (χ3n) is 7.10. The fourth-order valence-electron chi connectivity index (χ4n) is 4.98. The average Bonchev–Trinajstić information content (AvgIpc) is 3.70. The highest BCUT2D eigenvalue weighted by Gasteiger charge is 2.35. The van der Waals surface area contributed by atoms with Crippen LogP contribution in [0.25, 0.3) is 0 Å². The molecule has 0 radical (unpaired) electrons. The Kier molecular flexibility index (Phi) is 7.29. The quantitative estimate of drug-likeness (QED) is 0.512. The molecule has 1 saturated carbocycles. The summed E-state index contributed by atoms with van der Waals surface area (Å²) in [6.07, 6.45) is 3.60. The van der Waals surface area contributed by atoms with E-state index in [1.165, 1.54) is 21.1 Å². The molecule has 36 heavy (non-hydrogen) atoms. The van der Waals surface area contributed by atoms with Crippen molar-refractivity contribution < 1.29 is 22.7 Å². The lowest BCUT2D eigenvalue weighted by Gasteiger charge is -2.32. The molecule has 0 N–H and O–H groups in total. The Balaban J connectivity index is 1.31. The summed E-state index contributed by atoms with van der Waals surface area (Å²) in [6.45, 7) is 3.30. The van der Waals surface area contributed by atoms with Crippen LogP contribution >= 0.6 is 0 Å². The van der Waals surface area contributed by atoms with Crippen LogP contribution in [0.1, 0.15) is 53.8 Å². The molecule has 0 bridgehead atoms. The first-order valence-corrected chi connectivity index (χ1v) is 14.0. The van der Waals surface area contributed by atoms with Gasteiger partial charge in [0.25, 0.3) is 5.91 Å². The molecule has 12 heteroatoms. The zero-order chi connectivity index (χ0) is 25.3. The summed E-state index contributed by atoms with van der Waals surface area (Å²) < 4.78 is 40.9. The maximum atomic E-state index is 13.3. The van der Waals surface area contributed by atoms with Crippen LogP contribution in [-0.2, 0) is 26.0 Å². The Morgan fingerprint density at radius 3 is 2.50 bits per heavy atom. The maximum Gasteiger partial charge on any atom is 0.346 e. The molecule has 2 saturated heterocycles. The molecule has 1 aromatic heterocycles. The van der Waals surface area contributed by atoms with Gasteiger partial charge in [0.05, 0.1) is 31.3 Å². The number of nitrogens with zero attached hydrogens (tertiary/aromatic N) is 5. The van der Waals surface area contributed by atoms with E-state index in [1.54, 1.807) is 24.1 Å². The molecule has 1 amide bonds. The monoisotopic (exact) mass is 519 g/mol. The van der Waals surface area contributed by atoms with Crippen molar-refractivity contribution in [2.24, 2.45) is 0 Å². The van der Waals surface area contributed by atoms with E-state index in [-0.39, 0.29) is 28.5 Å². The fraction of sp³-hybridized carbons (Fsp3) is 0.625. The number of rotatable bonds is 8. The Morgan fingerprint density at radius 1 is 1.11 bits per heavy atom. The van der Waals surface area contributed by atoms with E-state index in [2.05, 4.69) is 5.10 Å². The van der Waals surface area contributed by atoms with E-state index in [9.17, 15) is 18.0 Å². The summed E-state index contributed by atoms with van der Waals surface area (Å²) in [5, 5.41) is 4.65. The van der Waals surface area contributed by atoms with Crippen molar-refractivity contribution in [3.63, 3.8) is 0 Å². The molecular formula is C24H33N5O6S. The Morgan fingerprint density at radius 2 is 1.83 bits per heavy atom. The minimum Gasteiger partial charge on any atom is -0.383 e. The predicted molar refractivity (Wildman–Crippen MR) is 131 cm³/mol. The van der Waals surface area contributed by atoms with E-state index in [4.69, 9.17) is 9.47 Å². The molecule has 2 aromatic rings. The number of carbonyl (C=O) groups is 1. The van der Waals surface area contributed by atoms with Crippen molar-refractivity contribution in [2.45, 2.75) is 49.1 Å². The standard InChI is InChI=1S/C24H33N5O6S/c1-34-14-13-28-24(31)29(20-6-7-20)22(25-28)19-3-2-10-26(17-19)23(30)18-4-8-21(9-5-18)36(32,33)27-11-15-35-16-12-27/h4-5,8-9,19-20H,2-3,6-7,10-17H2,1H3. The largest absolute Gasteiger partial charge is 0.383 e. The molecule has 5 rings (SSSR count). The van der Waals surface area contributed by atoms with Crippen LogP contribution in [0.3, 0.4) is 0 Å². The van der Waals surface area contributed by atoms with Crippen molar-refractivity contribution >= 4 is 15.9 Å². The van der Waals surface area contributed by atoms with Gasteiger partial charge in [-0.15, -0.1) is 0 Å². The van der Waals surface area contributed by atoms with Crippen LogP contribution in [0.2, 0.25) is 0 Å². The van der Waals surface area contributed by atoms with Crippen molar-refractivity contribution in [3.8, 4) is 0 Å². The van der Waals surface area contributed by atoms with Gasteiger partial charge in [-0.05, 0) is 49.9 Å². The number of sulfonamides is 1. The SMILES string of the molecule is COCCn1nc(C2CCCN(C(=O)c3ccc(S(=O)(=O)N4CCOCC4)cc3)C2)n(C2CC2)c1=O. The van der Waals surface area contributed by atoms with Crippen LogP contribution in [0.4, 0.5) is 0 Å². The number of likely N-dealkylation sites (tertiary alicyclic amines) is 1. The highest BCUT2D eigenvalue weighted by molar-refractivity contribution is 7.89. The number of methoxy groups -OCH3 is 1. The molecule has 1 aliphatic carbocycles. The van der Waals surface area contributed by atoms with Crippen molar-refractivity contribution in [2.75, 3.05) is 53.1 Å². The molecule has 11 nitrogen and oxygen atoms in total. The highest BCUT2D eigenvalue weighted by atomic mass is 32.2. The normalized spacial score (nSPS) is 21.6. The van der Waals surface area contributed by atoms with Gasteiger partial charge >= 0.3 is 5.69 Å². The predicted octanol–water partition coefficient (Wildman–Crippen LogP) is 1.07. The van der Waals surface area contributed by atoms with Gasteiger partial charge in [0.2, 0.25) is 10.0 Å². The minimum absolute atomic E-state index is 0.0271. The molecule has 1 atom stereocenters. The molecule has 0 spiro atoms. The second kappa shape index (κ2) is 10.4. The first kappa shape index (κ1) is 25.1. The first-order valence-electron chi connectivity index (χ1n) is 12.6. The van der Waals surface area contributed by atoms with E-state index in [1.807, 2.05) is 4.57 Å². The third kappa shape index (κ3) is 4.99. The summed E-state index contributed by atoms with van der Waals surface area (Å²) in [5.41, 5.74) is 0.340. The zero-order valence-corrected chi connectivity index (χ0v) is 21.4. The highest BCUT2D eigenvalue weighted by Crippen LogP contribution is 2.37. The van der Waals surface area contributed by atoms with Gasteiger partial charge < -0.3 is 14.4 Å². The fourth-order valence-corrected chi connectivity index (χ4v) is 6.38. The molecule has 3 heterocycles. The van der Waals surface area contributed by atoms with E-state index >= 15 is 0 Å². The molecule has 2 aliphatic heterocycles. The van der Waals surface area contributed by atoms with Crippen LogP contribution in [0.5, 0.6) is 0 Å². The maximum absolute atomic E-state index is 13.3. The summed E-state index contributed by atoms with van der Waals surface area (Å²) in [5.74, 6) is 0.581. The van der Waals surface area contributed by atoms with Gasteiger partial charge in [0.15, 0.2) is 0 Å². The van der Waals surface area contributed by atoms with Crippen LogP contribution in [0.15, 0.2) is 34.0 Å². The summed E-state index contributed by atoms with van der Waals surface area (Å²) in [4.78, 5) is 28.2. The number of amides is 1. The van der Waals surface area contributed by atoms with Crippen molar-refractivity contribution in [1.82, 2.24) is 23.6 Å². The number of hydrogen-bond donors (Lipinski definition) is 0. The van der Waals surface area contributed by atoms with Gasteiger partial charge in [-0.25, -0.2) is 17.9 Å². The van der Waals surface area contributed by atoms with Gasteiger partial charge in [-0.3, -0.25) is 9.36 Å². The van der Waals surface area contributed by atoms with E-state index < -0.39 is 10.0 Å². The van der Waals surface area contributed by atoms with Crippen LogP contribution in [0, 0.1) is 0 Å². The van der Waals surface area contributed by atoms with Gasteiger partial charge in [-0.2, -0.15) is 9.40 Å². The van der Waals surface area contributed by atoms with Crippen molar-refractivity contribution in [1.29, 1.82) is 0 Å². The number of morpholine rings is 1. The van der Waals surface area contributed by atoms with E-state index in [0.717, 1.165) is 31.5 Å².